The van der Waals surface area contributed by atoms with Gasteiger partial charge in [0.15, 0.2) is 0 Å². The van der Waals surface area contributed by atoms with Crippen LogP contribution in [0.15, 0.2) is 0 Å². The van der Waals surface area contributed by atoms with E-state index in [0.29, 0.717) is 23.7 Å². The van der Waals surface area contributed by atoms with Gasteiger partial charge in [0, 0.05) is 18.5 Å². The van der Waals surface area contributed by atoms with Crippen LogP contribution in [-0.4, -0.2) is 18.5 Å². The van der Waals surface area contributed by atoms with Crippen LogP contribution in [0.1, 0.15) is 51.9 Å². The molecule has 0 aromatic rings. The number of carbonyl (C=O) groups is 1. The van der Waals surface area contributed by atoms with E-state index in [1.165, 1.54) is 32.1 Å². The minimum Gasteiger partial charge on any atom is -0.356 e. The number of hydrogen-bond acceptors (Lipinski definition) is 2. The average molecular weight is 264 g/mol. The van der Waals surface area contributed by atoms with Crippen molar-refractivity contribution in [3.8, 4) is 0 Å². The Bertz CT molecular complexity index is 312. The Balaban J connectivity index is 1.50. The largest absolute Gasteiger partial charge is 0.356 e. The Morgan fingerprint density at radius 3 is 2.26 bits per heavy atom. The lowest BCUT2D eigenvalue weighted by Crippen LogP contribution is -2.51. The standard InChI is InChI=1S/C16H28N2O/c1-10(17)3-2-4-18-16(19)15-13-6-11-5-12(8-13)9-14(15)7-11/h10-15H,2-9,17H2,1H3,(H,18,19). The van der Waals surface area contributed by atoms with Gasteiger partial charge in [-0.1, -0.05) is 0 Å². The summed E-state index contributed by atoms with van der Waals surface area (Å²) < 4.78 is 0. The number of nitrogens with two attached hydrogens (primary N) is 1. The van der Waals surface area contributed by atoms with Crippen molar-refractivity contribution in [1.29, 1.82) is 0 Å². The van der Waals surface area contributed by atoms with E-state index in [-0.39, 0.29) is 6.04 Å². The van der Waals surface area contributed by atoms with Gasteiger partial charge in [-0.05, 0) is 75.5 Å². The molecule has 3 heteroatoms. The van der Waals surface area contributed by atoms with Crippen LogP contribution in [0.2, 0.25) is 0 Å². The molecule has 1 atom stereocenters. The molecule has 0 aliphatic heterocycles. The minimum atomic E-state index is 0.248. The van der Waals surface area contributed by atoms with Gasteiger partial charge in [0.05, 0.1) is 0 Å². The van der Waals surface area contributed by atoms with Gasteiger partial charge in [-0.25, -0.2) is 0 Å². The third-order valence-corrected chi connectivity index (χ3v) is 5.66. The highest BCUT2D eigenvalue weighted by molar-refractivity contribution is 5.79. The van der Waals surface area contributed by atoms with Crippen LogP contribution in [0.25, 0.3) is 0 Å². The Morgan fingerprint density at radius 1 is 1.16 bits per heavy atom. The smallest absolute Gasteiger partial charge is 0.223 e. The number of hydrogen-bond donors (Lipinski definition) is 2. The van der Waals surface area contributed by atoms with Crippen molar-refractivity contribution in [3.63, 3.8) is 0 Å². The predicted molar refractivity (Wildman–Crippen MR) is 76.4 cm³/mol. The summed E-state index contributed by atoms with van der Waals surface area (Å²) in [6.45, 7) is 2.84. The Labute approximate surface area is 116 Å². The van der Waals surface area contributed by atoms with Crippen molar-refractivity contribution in [3.05, 3.63) is 0 Å². The van der Waals surface area contributed by atoms with Crippen molar-refractivity contribution < 1.29 is 4.79 Å². The fourth-order valence-electron chi connectivity index (χ4n) is 5.11. The molecule has 4 rings (SSSR count). The van der Waals surface area contributed by atoms with Gasteiger partial charge < -0.3 is 11.1 Å². The van der Waals surface area contributed by atoms with Gasteiger partial charge in [0.1, 0.15) is 0 Å². The van der Waals surface area contributed by atoms with Crippen LogP contribution in [-0.2, 0) is 4.79 Å². The minimum absolute atomic E-state index is 0.248. The molecule has 3 N–H and O–H groups in total. The quantitative estimate of drug-likeness (QED) is 0.749. The van der Waals surface area contributed by atoms with Gasteiger partial charge in [0.2, 0.25) is 5.91 Å². The molecule has 4 saturated carbocycles. The molecule has 4 aliphatic carbocycles. The molecule has 4 bridgehead atoms. The summed E-state index contributed by atoms with van der Waals surface area (Å²) in [6, 6.07) is 0.248. The molecule has 108 valence electrons. The maximum atomic E-state index is 12.4. The zero-order valence-electron chi connectivity index (χ0n) is 12.1. The lowest BCUT2D eigenvalue weighted by atomic mass is 9.51. The predicted octanol–water partition coefficient (Wildman–Crippen LogP) is 2.30. The number of rotatable bonds is 5. The zero-order chi connectivity index (χ0) is 13.4. The second-order valence-corrected chi connectivity index (χ2v) is 7.37. The van der Waals surface area contributed by atoms with E-state index in [4.69, 9.17) is 5.73 Å². The molecule has 19 heavy (non-hydrogen) atoms. The van der Waals surface area contributed by atoms with Crippen molar-refractivity contribution in [2.75, 3.05) is 6.54 Å². The second-order valence-electron chi connectivity index (χ2n) is 7.37. The highest BCUT2D eigenvalue weighted by Gasteiger charge is 2.50. The summed E-state index contributed by atoms with van der Waals surface area (Å²) in [4.78, 5) is 12.4. The van der Waals surface area contributed by atoms with Gasteiger partial charge in [0.25, 0.3) is 0 Å². The first-order valence-corrected chi connectivity index (χ1v) is 8.16. The number of amides is 1. The highest BCUT2D eigenvalue weighted by Crippen LogP contribution is 2.56. The van der Waals surface area contributed by atoms with Crippen LogP contribution in [0.4, 0.5) is 0 Å². The van der Waals surface area contributed by atoms with Crippen LogP contribution < -0.4 is 11.1 Å². The first-order valence-electron chi connectivity index (χ1n) is 8.16. The van der Waals surface area contributed by atoms with E-state index < -0.39 is 0 Å². The van der Waals surface area contributed by atoms with Gasteiger partial charge in [-0.15, -0.1) is 0 Å². The summed E-state index contributed by atoms with van der Waals surface area (Å²) in [7, 11) is 0. The van der Waals surface area contributed by atoms with Crippen LogP contribution in [0, 0.1) is 29.6 Å². The number of carbonyl (C=O) groups excluding carboxylic acids is 1. The second kappa shape index (κ2) is 5.43. The molecule has 0 radical (unpaired) electrons. The summed E-state index contributed by atoms with van der Waals surface area (Å²) in [6.07, 6.45) is 8.76. The fourth-order valence-corrected chi connectivity index (χ4v) is 5.11. The van der Waals surface area contributed by atoms with Crippen molar-refractivity contribution >= 4 is 5.91 Å². The molecule has 0 saturated heterocycles. The summed E-state index contributed by atoms with van der Waals surface area (Å²) in [5.74, 6) is 3.98. The zero-order valence-corrected chi connectivity index (χ0v) is 12.1. The topological polar surface area (TPSA) is 55.1 Å². The first-order chi connectivity index (χ1) is 9.13. The van der Waals surface area contributed by atoms with E-state index in [1.807, 2.05) is 6.92 Å². The molecule has 4 fully saturated rings. The molecular formula is C16H28N2O. The molecule has 3 nitrogen and oxygen atoms in total. The molecule has 1 amide bonds. The third-order valence-electron chi connectivity index (χ3n) is 5.66. The Hall–Kier alpha value is -0.570. The van der Waals surface area contributed by atoms with E-state index >= 15 is 0 Å². The summed E-state index contributed by atoms with van der Waals surface area (Å²) >= 11 is 0. The number of nitrogens with one attached hydrogen (secondary N) is 1. The first kappa shape index (κ1) is 13.4. The average Bonchev–Trinajstić information content (AvgIpc) is 2.33. The lowest BCUT2D eigenvalue weighted by Gasteiger charge is -2.53. The van der Waals surface area contributed by atoms with Gasteiger partial charge in [-0.2, -0.15) is 0 Å². The molecule has 0 heterocycles. The lowest BCUT2D eigenvalue weighted by molar-refractivity contribution is -0.138. The van der Waals surface area contributed by atoms with E-state index in [0.717, 1.165) is 31.2 Å². The monoisotopic (exact) mass is 264 g/mol. The molecule has 0 aromatic heterocycles. The van der Waals surface area contributed by atoms with Gasteiger partial charge >= 0.3 is 0 Å². The van der Waals surface area contributed by atoms with E-state index in [9.17, 15) is 4.79 Å². The molecular weight excluding hydrogens is 236 g/mol. The van der Waals surface area contributed by atoms with E-state index in [1.54, 1.807) is 0 Å². The van der Waals surface area contributed by atoms with Crippen molar-refractivity contribution in [1.82, 2.24) is 5.32 Å². The maximum Gasteiger partial charge on any atom is 0.223 e. The molecule has 0 spiro atoms. The highest BCUT2D eigenvalue weighted by atomic mass is 16.1. The normalized spacial score (nSPS) is 41.3. The SMILES string of the molecule is CC(N)CCCNC(=O)C1C2CC3CC(C2)CC1C3. The van der Waals surface area contributed by atoms with Crippen LogP contribution >= 0.6 is 0 Å². The third kappa shape index (κ3) is 2.81. The van der Waals surface area contributed by atoms with Crippen molar-refractivity contribution in [2.24, 2.45) is 35.3 Å². The Kier molecular flexibility index (Phi) is 3.84. The molecule has 1 unspecified atom stereocenters. The Morgan fingerprint density at radius 2 is 1.74 bits per heavy atom. The molecule has 4 aliphatic rings. The fraction of sp³-hybridized carbons (Fsp3) is 0.938. The maximum absolute atomic E-state index is 12.4. The summed E-state index contributed by atoms with van der Waals surface area (Å²) in [5, 5.41) is 3.17. The molecule has 0 aromatic carbocycles. The van der Waals surface area contributed by atoms with Gasteiger partial charge in [-0.3, -0.25) is 4.79 Å². The van der Waals surface area contributed by atoms with Crippen LogP contribution in [0.3, 0.4) is 0 Å². The van der Waals surface area contributed by atoms with E-state index in [2.05, 4.69) is 5.32 Å². The van der Waals surface area contributed by atoms with Crippen molar-refractivity contribution in [2.45, 2.75) is 57.9 Å². The van der Waals surface area contributed by atoms with Crippen LogP contribution in [0.5, 0.6) is 0 Å². The summed E-state index contributed by atoms with van der Waals surface area (Å²) in [5.41, 5.74) is 5.73.